The molecule has 0 spiro atoms. The van der Waals surface area contributed by atoms with Gasteiger partial charge in [0.1, 0.15) is 0 Å². The zero-order valence-electron chi connectivity index (χ0n) is 13.9. The maximum Gasteiger partial charge on any atom is 0.311 e. The fourth-order valence-electron chi connectivity index (χ4n) is 2.26. The molecule has 0 amide bonds. The van der Waals surface area contributed by atoms with Crippen LogP contribution in [0.2, 0.25) is 0 Å². The monoisotopic (exact) mass is 324 g/mol. The van der Waals surface area contributed by atoms with Gasteiger partial charge in [-0.2, -0.15) is 0 Å². The largest absolute Gasteiger partial charge is 0.490 e. The number of carbonyl (C=O) groups excluding carboxylic acids is 1. The van der Waals surface area contributed by atoms with Gasteiger partial charge in [0, 0.05) is 37.8 Å². The average molecular weight is 324 g/mol. The molecule has 0 fully saturated rings. The second-order valence-electron chi connectivity index (χ2n) is 5.28. The standard InChI is InChI=1S/C16H24N2O5/c1-17(11-7-5-4-6-8-16(19)23-3)13-9-10-14(18(20)21)15(12-13)22-2/h9-10,12H,4-8,11H2,1-3H3. The third-order valence-corrected chi connectivity index (χ3v) is 3.65. The summed E-state index contributed by atoms with van der Waals surface area (Å²) in [5.74, 6) is 0.0949. The summed E-state index contributed by atoms with van der Waals surface area (Å²) in [5, 5.41) is 10.9. The van der Waals surface area contributed by atoms with Crippen LogP contribution in [0.5, 0.6) is 5.75 Å². The fourth-order valence-corrected chi connectivity index (χ4v) is 2.26. The molecule has 0 aliphatic heterocycles. The van der Waals surface area contributed by atoms with E-state index in [1.807, 2.05) is 11.9 Å². The van der Waals surface area contributed by atoms with Gasteiger partial charge in [-0.25, -0.2) is 0 Å². The smallest absolute Gasteiger partial charge is 0.311 e. The Kier molecular flexibility index (Phi) is 7.87. The molecule has 0 N–H and O–H groups in total. The van der Waals surface area contributed by atoms with Crippen molar-refractivity contribution in [1.82, 2.24) is 0 Å². The van der Waals surface area contributed by atoms with Gasteiger partial charge in [-0.15, -0.1) is 0 Å². The molecule has 1 aromatic carbocycles. The summed E-state index contributed by atoms with van der Waals surface area (Å²) in [6.07, 6.45) is 4.28. The Morgan fingerprint density at radius 1 is 1.22 bits per heavy atom. The zero-order valence-corrected chi connectivity index (χ0v) is 13.9. The number of ether oxygens (including phenoxy) is 2. The van der Waals surface area contributed by atoms with E-state index in [9.17, 15) is 14.9 Å². The Morgan fingerprint density at radius 3 is 2.52 bits per heavy atom. The van der Waals surface area contributed by atoms with Gasteiger partial charge in [0.15, 0.2) is 5.75 Å². The minimum Gasteiger partial charge on any atom is -0.490 e. The number of anilines is 1. The quantitative estimate of drug-likeness (QED) is 0.284. The van der Waals surface area contributed by atoms with Crippen LogP contribution < -0.4 is 9.64 Å². The summed E-state index contributed by atoms with van der Waals surface area (Å²) in [6, 6.07) is 4.86. The van der Waals surface area contributed by atoms with Crippen molar-refractivity contribution in [3.05, 3.63) is 28.3 Å². The first-order valence-electron chi connectivity index (χ1n) is 7.60. The number of benzene rings is 1. The van der Waals surface area contributed by atoms with Crippen LogP contribution in [0.25, 0.3) is 0 Å². The van der Waals surface area contributed by atoms with E-state index in [2.05, 4.69) is 4.74 Å². The summed E-state index contributed by atoms with van der Waals surface area (Å²) < 4.78 is 9.67. The van der Waals surface area contributed by atoms with Crippen molar-refractivity contribution in [3.63, 3.8) is 0 Å². The molecule has 0 radical (unpaired) electrons. The van der Waals surface area contributed by atoms with E-state index in [1.165, 1.54) is 20.3 Å². The average Bonchev–Trinajstić information content (AvgIpc) is 2.56. The van der Waals surface area contributed by atoms with E-state index >= 15 is 0 Å². The number of rotatable bonds is 10. The van der Waals surface area contributed by atoms with Crippen LogP contribution in [0.15, 0.2) is 18.2 Å². The highest BCUT2D eigenvalue weighted by atomic mass is 16.6. The second-order valence-corrected chi connectivity index (χ2v) is 5.28. The molecule has 0 bridgehead atoms. The molecule has 0 aromatic heterocycles. The van der Waals surface area contributed by atoms with Gasteiger partial charge in [0.05, 0.1) is 19.1 Å². The van der Waals surface area contributed by atoms with E-state index in [0.29, 0.717) is 6.42 Å². The molecule has 0 unspecified atom stereocenters. The number of unbranched alkanes of at least 4 members (excludes halogenated alkanes) is 3. The molecular weight excluding hydrogens is 300 g/mol. The first-order chi connectivity index (χ1) is 11.0. The SMILES string of the molecule is COC(=O)CCCCCCN(C)c1ccc([N+](=O)[O-])c(OC)c1. The number of esters is 1. The highest BCUT2D eigenvalue weighted by molar-refractivity contribution is 5.68. The van der Waals surface area contributed by atoms with Gasteiger partial charge in [0.2, 0.25) is 0 Å². The molecule has 0 atom stereocenters. The van der Waals surface area contributed by atoms with Gasteiger partial charge in [0.25, 0.3) is 0 Å². The van der Waals surface area contributed by atoms with Crippen molar-refractivity contribution >= 4 is 17.3 Å². The van der Waals surface area contributed by atoms with E-state index in [0.717, 1.165) is 37.9 Å². The number of hydrogen-bond acceptors (Lipinski definition) is 6. The summed E-state index contributed by atoms with van der Waals surface area (Å²) in [4.78, 5) is 23.4. The molecule has 0 heterocycles. The van der Waals surface area contributed by atoms with Crippen molar-refractivity contribution in [2.24, 2.45) is 0 Å². The van der Waals surface area contributed by atoms with Gasteiger partial charge < -0.3 is 14.4 Å². The molecular formula is C16H24N2O5. The third kappa shape index (κ3) is 6.14. The third-order valence-electron chi connectivity index (χ3n) is 3.65. The number of nitro groups is 1. The Bertz CT molecular complexity index is 533. The molecule has 128 valence electrons. The molecule has 23 heavy (non-hydrogen) atoms. The molecule has 7 heteroatoms. The normalized spacial score (nSPS) is 10.2. The molecule has 7 nitrogen and oxygen atoms in total. The molecule has 0 saturated heterocycles. The molecule has 0 aliphatic carbocycles. The Hall–Kier alpha value is -2.31. The number of hydrogen-bond donors (Lipinski definition) is 0. The molecule has 0 saturated carbocycles. The molecule has 1 aromatic rings. The van der Waals surface area contributed by atoms with E-state index in [4.69, 9.17) is 4.74 Å². The minimum atomic E-state index is -0.454. The topological polar surface area (TPSA) is 81.9 Å². The van der Waals surface area contributed by atoms with Crippen molar-refractivity contribution in [2.75, 3.05) is 32.7 Å². The van der Waals surface area contributed by atoms with E-state index < -0.39 is 4.92 Å². The van der Waals surface area contributed by atoms with Gasteiger partial charge >= 0.3 is 11.7 Å². The Balaban J connectivity index is 2.41. The number of carbonyl (C=O) groups is 1. The maximum absolute atomic E-state index is 11.0. The summed E-state index contributed by atoms with van der Waals surface area (Å²) in [7, 11) is 4.76. The first kappa shape index (κ1) is 18.7. The lowest BCUT2D eigenvalue weighted by Crippen LogP contribution is -2.18. The fraction of sp³-hybridized carbons (Fsp3) is 0.562. The van der Waals surface area contributed by atoms with Crippen molar-refractivity contribution in [1.29, 1.82) is 0 Å². The lowest BCUT2D eigenvalue weighted by Gasteiger charge is -2.19. The van der Waals surface area contributed by atoms with Gasteiger partial charge in [-0.3, -0.25) is 14.9 Å². The number of nitro benzene ring substituents is 1. The number of methoxy groups -OCH3 is 2. The Morgan fingerprint density at radius 2 is 1.91 bits per heavy atom. The summed E-state index contributed by atoms with van der Waals surface area (Å²) >= 11 is 0. The van der Waals surface area contributed by atoms with E-state index in [-0.39, 0.29) is 17.4 Å². The predicted octanol–water partition coefficient (Wildman–Crippen LogP) is 3.16. The predicted molar refractivity (Wildman–Crippen MR) is 88.0 cm³/mol. The van der Waals surface area contributed by atoms with Crippen molar-refractivity contribution in [3.8, 4) is 5.75 Å². The summed E-state index contributed by atoms with van der Waals surface area (Å²) in [6.45, 7) is 0.833. The maximum atomic E-state index is 11.0. The van der Waals surface area contributed by atoms with Gasteiger partial charge in [-0.05, 0) is 18.9 Å². The summed E-state index contributed by atoms with van der Waals surface area (Å²) in [5.41, 5.74) is 0.842. The lowest BCUT2D eigenvalue weighted by molar-refractivity contribution is -0.385. The van der Waals surface area contributed by atoms with Crippen molar-refractivity contribution < 1.29 is 19.2 Å². The highest BCUT2D eigenvalue weighted by Crippen LogP contribution is 2.31. The van der Waals surface area contributed by atoms with Crippen LogP contribution >= 0.6 is 0 Å². The highest BCUT2D eigenvalue weighted by Gasteiger charge is 2.15. The van der Waals surface area contributed by atoms with Crippen LogP contribution in [0.3, 0.4) is 0 Å². The number of nitrogens with zero attached hydrogens (tertiary/aromatic N) is 2. The van der Waals surface area contributed by atoms with Crippen LogP contribution in [-0.2, 0) is 9.53 Å². The van der Waals surface area contributed by atoms with Crippen LogP contribution in [0, 0.1) is 10.1 Å². The molecule has 1 rings (SSSR count). The van der Waals surface area contributed by atoms with Crippen LogP contribution in [0.1, 0.15) is 32.1 Å². The minimum absolute atomic E-state index is 0.0348. The van der Waals surface area contributed by atoms with Crippen molar-refractivity contribution in [2.45, 2.75) is 32.1 Å². The lowest BCUT2D eigenvalue weighted by atomic mass is 10.1. The van der Waals surface area contributed by atoms with Crippen LogP contribution in [-0.4, -0.2) is 38.7 Å². The second kappa shape index (κ2) is 9.66. The van der Waals surface area contributed by atoms with Crippen LogP contribution in [0.4, 0.5) is 11.4 Å². The first-order valence-corrected chi connectivity index (χ1v) is 7.60. The van der Waals surface area contributed by atoms with E-state index in [1.54, 1.807) is 12.1 Å². The Labute approximate surface area is 136 Å². The molecule has 0 aliphatic rings. The zero-order chi connectivity index (χ0) is 17.2. The van der Waals surface area contributed by atoms with Gasteiger partial charge in [-0.1, -0.05) is 12.8 Å².